The highest BCUT2D eigenvalue weighted by Gasteiger charge is 2.30. The van der Waals surface area contributed by atoms with E-state index >= 15 is 0 Å². The first-order valence-corrected chi connectivity index (χ1v) is 8.52. The second-order valence-electron chi connectivity index (χ2n) is 5.88. The van der Waals surface area contributed by atoms with E-state index in [1.807, 2.05) is 0 Å². The lowest BCUT2D eigenvalue weighted by Crippen LogP contribution is -2.07. The zero-order valence-electron chi connectivity index (χ0n) is 13.3. The fraction of sp³-hybridized carbons (Fsp3) is 0.833. The number of unbranched alkanes of at least 4 members (excludes halogenated alkanes) is 8. The minimum atomic E-state index is 0.0289. The molecule has 120 valence electrons. The van der Waals surface area contributed by atoms with Gasteiger partial charge in [-0.25, -0.2) is 0 Å². The zero-order valence-corrected chi connectivity index (χ0v) is 13.3. The second kappa shape index (κ2) is 12.7. The molecule has 0 bridgehead atoms. The topological polar surface area (TPSA) is 35.5 Å². The molecule has 0 spiro atoms. The maximum atomic E-state index is 11.3. The summed E-state index contributed by atoms with van der Waals surface area (Å²) in [6, 6.07) is 0. The van der Waals surface area contributed by atoms with Crippen LogP contribution in [0.4, 0.5) is 0 Å². The highest BCUT2D eigenvalue weighted by atomic mass is 16.5. The average molecular weight is 294 g/mol. The van der Waals surface area contributed by atoms with Crippen LogP contribution in [0.5, 0.6) is 0 Å². The molecule has 0 amide bonds. The van der Waals surface area contributed by atoms with Crippen molar-refractivity contribution >= 4 is 5.97 Å². The van der Waals surface area contributed by atoms with Crippen molar-refractivity contribution in [3.05, 3.63) is 0 Å². The minimum Gasteiger partial charge on any atom is -0.465 e. The Morgan fingerprint density at radius 3 is 1.95 bits per heavy atom. The largest absolute Gasteiger partial charge is 0.465 e. The summed E-state index contributed by atoms with van der Waals surface area (Å²) < 4.78 is 10.4. The van der Waals surface area contributed by atoms with Gasteiger partial charge in [0, 0.05) is 6.61 Å². The first-order valence-electron chi connectivity index (χ1n) is 8.52. The standard InChI is InChI=1S/C18H30O3/c1-2-14-20-15-10-8-6-4-3-5-7-9-11-16-21-18(19)17-12-13-17/h1,17H,3-16H2. The molecule has 0 aliphatic heterocycles. The molecule has 0 saturated heterocycles. The summed E-state index contributed by atoms with van der Waals surface area (Å²) >= 11 is 0. The van der Waals surface area contributed by atoms with Gasteiger partial charge in [0.2, 0.25) is 0 Å². The molecule has 1 saturated carbocycles. The monoisotopic (exact) mass is 294 g/mol. The van der Waals surface area contributed by atoms with Gasteiger partial charge in [0.1, 0.15) is 6.61 Å². The van der Waals surface area contributed by atoms with Crippen molar-refractivity contribution < 1.29 is 14.3 Å². The SMILES string of the molecule is C#CCOCCCCCCCCCCCOC(=O)C1CC1. The number of carbonyl (C=O) groups excluding carboxylic acids is 1. The molecule has 1 fully saturated rings. The van der Waals surface area contributed by atoms with Gasteiger partial charge >= 0.3 is 5.97 Å². The quantitative estimate of drug-likeness (QED) is 0.275. The van der Waals surface area contributed by atoms with Crippen LogP contribution in [0, 0.1) is 18.3 Å². The normalized spacial score (nSPS) is 13.9. The van der Waals surface area contributed by atoms with Crippen molar-refractivity contribution in [1.82, 2.24) is 0 Å². The summed E-state index contributed by atoms with van der Waals surface area (Å²) in [5.74, 6) is 2.74. The first-order chi connectivity index (χ1) is 10.3. The molecular formula is C18H30O3. The van der Waals surface area contributed by atoms with E-state index in [1.165, 1.54) is 44.9 Å². The number of hydrogen-bond donors (Lipinski definition) is 0. The van der Waals surface area contributed by atoms with E-state index in [2.05, 4.69) is 5.92 Å². The number of carbonyl (C=O) groups is 1. The van der Waals surface area contributed by atoms with E-state index in [-0.39, 0.29) is 11.9 Å². The molecule has 1 aliphatic rings. The van der Waals surface area contributed by atoms with Crippen molar-refractivity contribution in [3.63, 3.8) is 0 Å². The summed E-state index contributed by atoms with van der Waals surface area (Å²) in [4.78, 5) is 11.3. The lowest BCUT2D eigenvalue weighted by Gasteiger charge is -2.04. The van der Waals surface area contributed by atoms with Crippen LogP contribution < -0.4 is 0 Å². The molecule has 3 heteroatoms. The molecular weight excluding hydrogens is 264 g/mol. The lowest BCUT2D eigenvalue weighted by atomic mass is 10.1. The summed E-state index contributed by atoms with van der Waals surface area (Å²) in [5, 5.41) is 0. The van der Waals surface area contributed by atoms with E-state index in [4.69, 9.17) is 15.9 Å². The average Bonchev–Trinajstić information content (AvgIpc) is 3.32. The van der Waals surface area contributed by atoms with Gasteiger partial charge in [-0.2, -0.15) is 0 Å². The Morgan fingerprint density at radius 1 is 0.905 bits per heavy atom. The van der Waals surface area contributed by atoms with Gasteiger partial charge in [-0.1, -0.05) is 50.9 Å². The molecule has 0 radical (unpaired) electrons. The van der Waals surface area contributed by atoms with Gasteiger partial charge in [-0.3, -0.25) is 4.79 Å². The molecule has 0 atom stereocenters. The Morgan fingerprint density at radius 2 is 1.43 bits per heavy atom. The van der Waals surface area contributed by atoms with E-state index in [9.17, 15) is 4.79 Å². The fourth-order valence-corrected chi connectivity index (χ4v) is 2.28. The molecule has 0 aromatic rings. The van der Waals surface area contributed by atoms with Gasteiger partial charge in [0.05, 0.1) is 12.5 Å². The smallest absolute Gasteiger partial charge is 0.308 e. The van der Waals surface area contributed by atoms with Crippen molar-refractivity contribution in [2.75, 3.05) is 19.8 Å². The second-order valence-corrected chi connectivity index (χ2v) is 5.88. The molecule has 0 heterocycles. The molecule has 1 rings (SSSR count). The Labute approximate surface area is 129 Å². The lowest BCUT2D eigenvalue weighted by molar-refractivity contribution is -0.145. The molecule has 21 heavy (non-hydrogen) atoms. The maximum Gasteiger partial charge on any atom is 0.308 e. The van der Waals surface area contributed by atoms with Crippen LogP contribution in [0.25, 0.3) is 0 Å². The Balaban J connectivity index is 1.67. The van der Waals surface area contributed by atoms with Crippen LogP contribution in [0.15, 0.2) is 0 Å². The van der Waals surface area contributed by atoms with Crippen molar-refractivity contribution in [2.45, 2.75) is 70.6 Å². The van der Waals surface area contributed by atoms with Gasteiger partial charge in [-0.05, 0) is 25.7 Å². The highest BCUT2D eigenvalue weighted by molar-refractivity contribution is 5.74. The van der Waals surface area contributed by atoms with Crippen molar-refractivity contribution in [1.29, 1.82) is 0 Å². The van der Waals surface area contributed by atoms with Crippen molar-refractivity contribution in [2.24, 2.45) is 5.92 Å². The Hall–Kier alpha value is -1.01. The summed E-state index contributed by atoms with van der Waals surface area (Å²) in [6.45, 7) is 1.85. The maximum absolute atomic E-state index is 11.3. The molecule has 0 unspecified atom stereocenters. The van der Waals surface area contributed by atoms with Gasteiger partial charge in [0.25, 0.3) is 0 Å². The summed E-state index contributed by atoms with van der Waals surface area (Å²) in [7, 11) is 0. The number of hydrogen-bond acceptors (Lipinski definition) is 3. The number of rotatable bonds is 14. The van der Waals surface area contributed by atoms with Crippen LogP contribution in [-0.2, 0) is 14.3 Å². The first kappa shape index (κ1) is 18.0. The van der Waals surface area contributed by atoms with Crippen LogP contribution in [0.1, 0.15) is 70.6 Å². The highest BCUT2D eigenvalue weighted by Crippen LogP contribution is 2.30. The zero-order chi connectivity index (χ0) is 15.2. The van der Waals surface area contributed by atoms with E-state index in [1.54, 1.807) is 0 Å². The molecule has 3 nitrogen and oxygen atoms in total. The minimum absolute atomic E-state index is 0.0289. The number of ether oxygens (including phenoxy) is 2. The Bertz CT molecular complexity index is 302. The number of esters is 1. The third-order valence-electron chi connectivity index (χ3n) is 3.77. The third-order valence-corrected chi connectivity index (χ3v) is 3.77. The van der Waals surface area contributed by atoms with E-state index in [0.29, 0.717) is 13.2 Å². The molecule has 0 aromatic carbocycles. The van der Waals surface area contributed by atoms with E-state index < -0.39 is 0 Å². The molecule has 0 aromatic heterocycles. The predicted octanol–water partition coefficient (Wildman–Crippen LogP) is 4.10. The predicted molar refractivity (Wildman–Crippen MR) is 84.9 cm³/mol. The van der Waals surface area contributed by atoms with Crippen molar-refractivity contribution in [3.8, 4) is 12.3 Å². The van der Waals surface area contributed by atoms with Crippen LogP contribution >= 0.6 is 0 Å². The Kier molecular flexibility index (Phi) is 10.9. The number of terminal acetylenes is 1. The van der Waals surface area contributed by atoms with Gasteiger partial charge < -0.3 is 9.47 Å². The fourth-order valence-electron chi connectivity index (χ4n) is 2.28. The van der Waals surface area contributed by atoms with Crippen LogP contribution in [0.3, 0.4) is 0 Å². The summed E-state index contributed by atoms with van der Waals surface area (Å²) in [5.41, 5.74) is 0. The molecule has 0 N–H and O–H groups in total. The summed E-state index contributed by atoms with van der Waals surface area (Å²) in [6.07, 6.45) is 18.2. The third kappa shape index (κ3) is 11.3. The molecule has 1 aliphatic carbocycles. The van der Waals surface area contributed by atoms with Gasteiger partial charge in [-0.15, -0.1) is 6.42 Å². The van der Waals surface area contributed by atoms with E-state index in [0.717, 1.165) is 32.3 Å². The van der Waals surface area contributed by atoms with Gasteiger partial charge in [0.15, 0.2) is 0 Å². The van der Waals surface area contributed by atoms with Crippen LogP contribution in [0.2, 0.25) is 0 Å². The van der Waals surface area contributed by atoms with Crippen LogP contribution in [-0.4, -0.2) is 25.8 Å².